The summed E-state index contributed by atoms with van der Waals surface area (Å²) in [6.45, 7) is 2.69. The van der Waals surface area contributed by atoms with Crippen molar-refractivity contribution in [1.82, 2.24) is 14.5 Å². The van der Waals surface area contributed by atoms with Crippen molar-refractivity contribution in [3.05, 3.63) is 47.1 Å². The molecule has 0 aliphatic rings. The third-order valence-corrected chi connectivity index (χ3v) is 3.84. The van der Waals surface area contributed by atoms with Gasteiger partial charge in [0, 0.05) is 24.7 Å². The fourth-order valence-electron chi connectivity index (χ4n) is 2.49. The Bertz CT molecular complexity index is 861. The number of hydrogen-bond acceptors (Lipinski definition) is 3. The highest BCUT2D eigenvalue weighted by Gasteiger charge is 2.15. The summed E-state index contributed by atoms with van der Waals surface area (Å²) in [5.74, 6) is 0.802. The summed E-state index contributed by atoms with van der Waals surface area (Å²) in [4.78, 5) is 9.23. The predicted octanol–water partition coefficient (Wildman–Crippen LogP) is 4.36. The van der Waals surface area contributed by atoms with Gasteiger partial charge in [-0.05, 0) is 37.1 Å². The Hall–Kier alpha value is -2.38. The highest BCUT2D eigenvalue weighted by atomic mass is 35.5. The van der Waals surface area contributed by atoms with Gasteiger partial charge in [0.05, 0.1) is 11.1 Å². The van der Waals surface area contributed by atoms with Crippen molar-refractivity contribution in [2.75, 3.05) is 0 Å². The first-order valence-corrected chi connectivity index (χ1v) is 7.53. The van der Waals surface area contributed by atoms with Gasteiger partial charge in [0.1, 0.15) is 11.3 Å². The molecule has 0 spiro atoms. The van der Waals surface area contributed by atoms with Gasteiger partial charge >= 0.3 is 0 Å². The maximum atomic E-state index is 8.76. The van der Waals surface area contributed by atoms with E-state index >= 15 is 0 Å². The predicted molar refractivity (Wildman–Crippen MR) is 87.6 cm³/mol. The number of hydrogen-bond donors (Lipinski definition) is 0. The molecule has 5 heteroatoms. The zero-order valence-corrected chi connectivity index (χ0v) is 13.0. The van der Waals surface area contributed by atoms with E-state index in [0.717, 1.165) is 34.5 Å². The lowest BCUT2D eigenvalue weighted by Crippen LogP contribution is -2.02. The summed E-state index contributed by atoms with van der Waals surface area (Å²) in [6.07, 6.45) is 3.10. The fourth-order valence-corrected chi connectivity index (χ4v) is 2.71. The molecule has 0 aliphatic heterocycles. The smallest absolute Gasteiger partial charge is 0.160 e. The van der Waals surface area contributed by atoms with Crippen LogP contribution in [0.1, 0.15) is 18.4 Å². The second kappa shape index (κ2) is 6.17. The Kier molecular flexibility index (Phi) is 4.08. The van der Waals surface area contributed by atoms with Crippen molar-refractivity contribution in [3.63, 3.8) is 0 Å². The van der Waals surface area contributed by atoms with E-state index in [0.29, 0.717) is 18.0 Å². The van der Waals surface area contributed by atoms with Gasteiger partial charge in [-0.15, -0.1) is 0 Å². The highest BCUT2D eigenvalue weighted by molar-refractivity contribution is 6.33. The molecule has 110 valence electrons. The average molecular weight is 311 g/mol. The van der Waals surface area contributed by atoms with Crippen LogP contribution in [0.5, 0.6) is 0 Å². The van der Waals surface area contributed by atoms with Crippen molar-refractivity contribution in [2.24, 2.45) is 0 Å². The molecule has 0 radical (unpaired) electrons. The van der Waals surface area contributed by atoms with Crippen LogP contribution in [-0.2, 0) is 6.54 Å². The first-order valence-electron chi connectivity index (χ1n) is 7.15. The largest absolute Gasteiger partial charge is 0.309 e. The molecule has 0 saturated heterocycles. The fraction of sp³-hybridized carbons (Fsp3) is 0.235. The molecule has 3 aromatic rings. The maximum absolute atomic E-state index is 8.76. The molecule has 0 atom stereocenters. The van der Waals surface area contributed by atoms with Crippen molar-refractivity contribution in [3.8, 4) is 17.5 Å². The van der Waals surface area contributed by atoms with Crippen molar-refractivity contribution >= 4 is 22.8 Å². The number of aromatic nitrogens is 3. The third-order valence-electron chi connectivity index (χ3n) is 3.51. The van der Waals surface area contributed by atoms with Gasteiger partial charge in [-0.2, -0.15) is 5.26 Å². The summed E-state index contributed by atoms with van der Waals surface area (Å²) in [6, 6.07) is 11.8. The van der Waals surface area contributed by atoms with Crippen LogP contribution in [0, 0.1) is 18.3 Å². The maximum Gasteiger partial charge on any atom is 0.160 e. The van der Waals surface area contributed by atoms with Gasteiger partial charge in [-0.1, -0.05) is 23.7 Å². The zero-order valence-electron chi connectivity index (χ0n) is 12.3. The van der Waals surface area contributed by atoms with Crippen molar-refractivity contribution in [1.29, 1.82) is 5.26 Å². The van der Waals surface area contributed by atoms with Crippen LogP contribution in [0.15, 0.2) is 36.5 Å². The van der Waals surface area contributed by atoms with E-state index in [1.807, 2.05) is 48.0 Å². The number of rotatable bonds is 4. The van der Waals surface area contributed by atoms with Crippen LogP contribution in [0.25, 0.3) is 22.6 Å². The topological polar surface area (TPSA) is 54.5 Å². The number of fused-ring (bicyclic) bond motifs is 1. The van der Waals surface area contributed by atoms with E-state index in [1.165, 1.54) is 0 Å². The van der Waals surface area contributed by atoms with E-state index in [9.17, 15) is 0 Å². The van der Waals surface area contributed by atoms with Gasteiger partial charge in [0.15, 0.2) is 5.65 Å². The van der Waals surface area contributed by atoms with E-state index in [2.05, 4.69) is 11.1 Å². The highest BCUT2D eigenvalue weighted by Crippen LogP contribution is 2.30. The Morgan fingerprint density at radius 3 is 2.91 bits per heavy atom. The first kappa shape index (κ1) is 14.6. The molecule has 0 bridgehead atoms. The number of halogens is 1. The molecule has 4 nitrogen and oxygen atoms in total. The normalized spacial score (nSPS) is 10.8. The lowest BCUT2D eigenvalue weighted by molar-refractivity contribution is 0.670. The number of unbranched alkanes of at least 4 members (excludes halogenated alkanes) is 1. The van der Waals surface area contributed by atoms with Gasteiger partial charge in [-0.25, -0.2) is 9.97 Å². The SMILES string of the molecule is Cc1cnc2c(c1)nc(-c1ccccc1Cl)n2CCCC#N. The molecular formula is C17H15ClN4. The second-order valence-electron chi connectivity index (χ2n) is 5.18. The third kappa shape index (κ3) is 2.68. The Labute approximate surface area is 134 Å². The summed E-state index contributed by atoms with van der Waals surface area (Å²) in [7, 11) is 0. The first-order chi connectivity index (χ1) is 10.7. The number of imidazole rings is 1. The van der Waals surface area contributed by atoms with Crippen molar-refractivity contribution < 1.29 is 0 Å². The molecule has 0 saturated carbocycles. The number of pyridine rings is 1. The summed E-state index contributed by atoms with van der Waals surface area (Å²) in [5.41, 5.74) is 3.64. The van der Waals surface area contributed by atoms with Gasteiger partial charge in [0.25, 0.3) is 0 Å². The Balaban J connectivity index is 2.17. The van der Waals surface area contributed by atoms with Crippen LogP contribution in [0.3, 0.4) is 0 Å². The lowest BCUT2D eigenvalue weighted by Gasteiger charge is -2.08. The minimum Gasteiger partial charge on any atom is -0.309 e. The van der Waals surface area contributed by atoms with E-state index < -0.39 is 0 Å². The van der Waals surface area contributed by atoms with Crippen molar-refractivity contribution in [2.45, 2.75) is 26.3 Å². The number of benzene rings is 1. The summed E-state index contributed by atoms with van der Waals surface area (Å²) >= 11 is 6.32. The Morgan fingerprint density at radius 2 is 2.14 bits per heavy atom. The zero-order chi connectivity index (χ0) is 15.5. The standard InChI is InChI=1S/C17H15ClN4/c1-12-10-15-17(20-11-12)22(9-5-4-8-19)16(21-15)13-6-2-3-7-14(13)18/h2-3,6-7,10-11H,4-5,9H2,1H3. The van der Waals surface area contributed by atoms with Gasteiger partial charge in [0.2, 0.25) is 0 Å². The van der Waals surface area contributed by atoms with Crippen LogP contribution in [-0.4, -0.2) is 14.5 Å². The molecule has 0 unspecified atom stereocenters. The molecule has 2 heterocycles. The molecule has 1 aromatic carbocycles. The molecule has 22 heavy (non-hydrogen) atoms. The van der Waals surface area contributed by atoms with Crippen LogP contribution in [0.2, 0.25) is 5.02 Å². The molecule has 2 aromatic heterocycles. The Morgan fingerprint density at radius 1 is 1.32 bits per heavy atom. The molecule has 0 N–H and O–H groups in total. The second-order valence-corrected chi connectivity index (χ2v) is 5.59. The average Bonchev–Trinajstić information content (AvgIpc) is 2.85. The van der Waals surface area contributed by atoms with E-state index in [4.69, 9.17) is 21.8 Å². The number of aryl methyl sites for hydroxylation is 2. The van der Waals surface area contributed by atoms with Gasteiger partial charge < -0.3 is 4.57 Å². The number of nitrogens with zero attached hydrogens (tertiary/aromatic N) is 4. The molecule has 0 fully saturated rings. The molecular weight excluding hydrogens is 296 g/mol. The van der Waals surface area contributed by atoms with Crippen LogP contribution >= 0.6 is 11.6 Å². The molecule has 0 amide bonds. The van der Waals surface area contributed by atoms with E-state index in [-0.39, 0.29) is 0 Å². The minimum atomic E-state index is 0.507. The van der Waals surface area contributed by atoms with Crippen LogP contribution in [0.4, 0.5) is 0 Å². The van der Waals surface area contributed by atoms with E-state index in [1.54, 1.807) is 0 Å². The lowest BCUT2D eigenvalue weighted by atomic mass is 10.2. The minimum absolute atomic E-state index is 0.507. The molecule has 0 aliphatic carbocycles. The summed E-state index contributed by atoms with van der Waals surface area (Å²) in [5, 5.41) is 9.43. The van der Waals surface area contributed by atoms with Gasteiger partial charge in [-0.3, -0.25) is 0 Å². The van der Waals surface area contributed by atoms with Crippen LogP contribution < -0.4 is 0 Å². The monoisotopic (exact) mass is 310 g/mol. The summed E-state index contributed by atoms with van der Waals surface area (Å²) < 4.78 is 2.05. The molecule has 3 rings (SSSR count). The number of nitriles is 1. The quantitative estimate of drug-likeness (QED) is 0.673.